The van der Waals surface area contributed by atoms with E-state index in [9.17, 15) is 4.79 Å². The number of ether oxygens (including phenoxy) is 1. The molecule has 0 saturated carbocycles. The Morgan fingerprint density at radius 3 is 2.24 bits per heavy atom. The van der Waals surface area contributed by atoms with Crippen molar-refractivity contribution in [2.75, 3.05) is 14.2 Å². The van der Waals surface area contributed by atoms with Crippen LogP contribution in [0.3, 0.4) is 0 Å². The minimum absolute atomic E-state index is 0.0145. The summed E-state index contributed by atoms with van der Waals surface area (Å²) >= 11 is 3.38. The van der Waals surface area contributed by atoms with Crippen LogP contribution in [0, 0.1) is 0 Å². The fourth-order valence-corrected chi connectivity index (χ4v) is 2.59. The molecule has 0 radical (unpaired) electrons. The van der Waals surface area contributed by atoms with Crippen LogP contribution in [0.1, 0.15) is 22.0 Å². The van der Waals surface area contributed by atoms with Gasteiger partial charge in [0.1, 0.15) is 12.1 Å². The van der Waals surface area contributed by atoms with Crippen LogP contribution in [-0.2, 0) is 4.74 Å². The molecule has 2 aromatic carbocycles. The lowest BCUT2D eigenvalue weighted by Gasteiger charge is -2.25. The topological polar surface area (TPSA) is 38.3 Å². The summed E-state index contributed by atoms with van der Waals surface area (Å²) in [4.78, 5) is 12.7. The molecule has 2 rings (SSSR count). The Kier molecular flexibility index (Phi) is 5.67. The maximum atomic E-state index is 12.7. The van der Waals surface area contributed by atoms with E-state index in [-0.39, 0.29) is 11.9 Å². The summed E-state index contributed by atoms with van der Waals surface area (Å²) in [6.45, 7) is 0. The Hall–Kier alpha value is -1.49. The minimum Gasteiger partial charge on any atom is -0.375 e. The first-order chi connectivity index (χ1) is 10.2. The minimum atomic E-state index is -0.432. The van der Waals surface area contributed by atoms with E-state index < -0.39 is 6.04 Å². The summed E-state index contributed by atoms with van der Waals surface area (Å²) in [6.07, 6.45) is -0.327. The van der Waals surface area contributed by atoms with E-state index in [4.69, 9.17) is 4.74 Å². The third-order valence-electron chi connectivity index (χ3n) is 3.41. The van der Waals surface area contributed by atoms with Crippen molar-refractivity contribution in [1.82, 2.24) is 5.32 Å². The molecule has 110 valence electrons. The molecule has 0 unspecified atom stereocenters. The number of halogens is 1. The molecule has 2 atom stereocenters. The number of hydrogen-bond donors (Lipinski definition) is 1. The highest BCUT2D eigenvalue weighted by Gasteiger charge is 2.28. The Labute approximate surface area is 133 Å². The van der Waals surface area contributed by atoms with Gasteiger partial charge in [-0.2, -0.15) is 0 Å². The summed E-state index contributed by atoms with van der Waals surface area (Å²) in [7, 11) is 3.40. The number of ketones is 1. The number of carbonyl (C=O) groups is 1. The van der Waals surface area contributed by atoms with E-state index in [0.717, 1.165) is 10.0 Å². The van der Waals surface area contributed by atoms with Gasteiger partial charge in [0.15, 0.2) is 5.78 Å². The van der Waals surface area contributed by atoms with Crippen LogP contribution >= 0.6 is 15.9 Å². The van der Waals surface area contributed by atoms with Gasteiger partial charge in [-0.25, -0.2) is 0 Å². The zero-order valence-corrected chi connectivity index (χ0v) is 13.6. The fourth-order valence-electron chi connectivity index (χ4n) is 2.32. The second kappa shape index (κ2) is 7.50. The van der Waals surface area contributed by atoms with Gasteiger partial charge in [0, 0.05) is 17.1 Å². The number of benzene rings is 2. The quantitative estimate of drug-likeness (QED) is 0.811. The smallest absolute Gasteiger partial charge is 0.182 e. The van der Waals surface area contributed by atoms with Gasteiger partial charge in [0.05, 0.1) is 0 Å². The summed E-state index contributed by atoms with van der Waals surface area (Å²) < 4.78 is 6.51. The standard InChI is InChI=1S/C17H18BrNO2/c1-19-15(16(20)12-8-10-14(18)11-9-12)17(21-2)13-6-4-3-5-7-13/h3-11,15,17,19H,1-2H3/t15-,17-/m0/s1. The van der Waals surface area contributed by atoms with Crippen LogP contribution in [0.4, 0.5) is 0 Å². The second-order valence-electron chi connectivity index (χ2n) is 4.70. The van der Waals surface area contributed by atoms with Crippen molar-refractivity contribution < 1.29 is 9.53 Å². The van der Waals surface area contributed by atoms with Gasteiger partial charge in [-0.15, -0.1) is 0 Å². The number of rotatable bonds is 6. The highest BCUT2D eigenvalue weighted by atomic mass is 79.9. The zero-order valence-electron chi connectivity index (χ0n) is 12.0. The third kappa shape index (κ3) is 3.79. The Morgan fingerprint density at radius 2 is 1.71 bits per heavy atom. The summed E-state index contributed by atoms with van der Waals surface area (Å²) in [5, 5.41) is 3.08. The summed E-state index contributed by atoms with van der Waals surface area (Å²) in [6, 6.07) is 16.7. The average molecular weight is 348 g/mol. The maximum Gasteiger partial charge on any atom is 0.182 e. The van der Waals surface area contributed by atoms with Gasteiger partial charge in [-0.05, 0) is 24.7 Å². The number of Topliss-reactive ketones (excluding diaryl/α,β-unsaturated/α-hetero) is 1. The molecular weight excluding hydrogens is 330 g/mol. The van der Waals surface area contributed by atoms with Crippen molar-refractivity contribution in [3.05, 3.63) is 70.2 Å². The maximum absolute atomic E-state index is 12.7. The molecule has 0 bridgehead atoms. The van der Waals surface area contributed by atoms with Gasteiger partial charge >= 0.3 is 0 Å². The lowest BCUT2D eigenvalue weighted by atomic mass is 9.95. The predicted octanol–water partition coefficient (Wildman–Crippen LogP) is 3.61. The molecule has 0 aromatic heterocycles. The Bertz CT molecular complexity index is 583. The second-order valence-corrected chi connectivity index (χ2v) is 5.62. The van der Waals surface area contributed by atoms with Crippen molar-refractivity contribution >= 4 is 21.7 Å². The highest BCUT2D eigenvalue weighted by molar-refractivity contribution is 9.10. The number of hydrogen-bond acceptors (Lipinski definition) is 3. The van der Waals surface area contributed by atoms with Crippen LogP contribution in [0.25, 0.3) is 0 Å². The predicted molar refractivity (Wildman–Crippen MR) is 87.5 cm³/mol. The van der Waals surface area contributed by atoms with Crippen molar-refractivity contribution in [2.45, 2.75) is 12.1 Å². The van der Waals surface area contributed by atoms with Crippen molar-refractivity contribution in [3.8, 4) is 0 Å². The Balaban J connectivity index is 2.29. The van der Waals surface area contributed by atoms with Gasteiger partial charge in [0.2, 0.25) is 0 Å². The molecule has 0 heterocycles. The van der Waals surface area contributed by atoms with E-state index in [2.05, 4.69) is 21.2 Å². The first kappa shape index (κ1) is 15.9. The van der Waals surface area contributed by atoms with E-state index in [1.165, 1.54) is 0 Å². The van der Waals surface area contributed by atoms with E-state index in [0.29, 0.717) is 5.56 Å². The third-order valence-corrected chi connectivity index (χ3v) is 3.94. The van der Waals surface area contributed by atoms with Crippen molar-refractivity contribution in [1.29, 1.82) is 0 Å². The average Bonchev–Trinajstić information content (AvgIpc) is 2.53. The van der Waals surface area contributed by atoms with Gasteiger partial charge in [0.25, 0.3) is 0 Å². The first-order valence-corrected chi connectivity index (χ1v) is 7.51. The van der Waals surface area contributed by atoms with Gasteiger partial charge in [-0.1, -0.05) is 58.4 Å². The van der Waals surface area contributed by atoms with Crippen molar-refractivity contribution in [3.63, 3.8) is 0 Å². The molecule has 0 fully saturated rings. The monoisotopic (exact) mass is 347 g/mol. The molecule has 1 N–H and O–H groups in total. The molecule has 0 amide bonds. The summed E-state index contributed by atoms with van der Waals surface area (Å²) in [5.41, 5.74) is 1.64. The van der Waals surface area contributed by atoms with Crippen molar-refractivity contribution in [2.24, 2.45) is 0 Å². The summed E-state index contributed by atoms with van der Waals surface area (Å²) in [5.74, 6) is 0.0145. The molecule has 4 heteroatoms. The van der Waals surface area contributed by atoms with Gasteiger partial charge < -0.3 is 10.1 Å². The van der Waals surface area contributed by atoms with E-state index in [1.54, 1.807) is 14.2 Å². The molecule has 3 nitrogen and oxygen atoms in total. The molecule has 2 aromatic rings. The normalized spacial score (nSPS) is 13.7. The van der Waals surface area contributed by atoms with E-state index >= 15 is 0 Å². The lowest BCUT2D eigenvalue weighted by Crippen LogP contribution is -2.40. The first-order valence-electron chi connectivity index (χ1n) is 6.72. The molecule has 0 aliphatic rings. The lowest BCUT2D eigenvalue weighted by molar-refractivity contribution is 0.0565. The SMILES string of the molecule is CN[C@@H](C(=O)c1ccc(Br)cc1)[C@@H](OC)c1ccccc1. The number of nitrogens with one attached hydrogen (secondary N) is 1. The molecule has 0 aliphatic heterocycles. The molecule has 0 spiro atoms. The zero-order chi connectivity index (χ0) is 15.2. The van der Waals surface area contributed by atoms with Crippen LogP contribution in [0.15, 0.2) is 59.1 Å². The van der Waals surface area contributed by atoms with Crippen LogP contribution < -0.4 is 5.32 Å². The van der Waals surface area contributed by atoms with Crippen LogP contribution in [0.2, 0.25) is 0 Å². The fraction of sp³-hybridized carbons (Fsp3) is 0.235. The van der Waals surface area contributed by atoms with E-state index in [1.807, 2.05) is 54.6 Å². The number of methoxy groups -OCH3 is 1. The van der Waals surface area contributed by atoms with Crippen LogP contribution in [0.5, 0.6) is 0 Å². The highest BCUT2D eigenvalue weighted by Crippen LogP contribution is 2.23. The largest absolute Gasteiger partial charge is 0.375 e. The molecule has 21 heavy (non-hydrogen) atoms. The van der Waals surface area contributed by atoms with Gasteiger partial charge in [-0.3, -0.25) is 4.79 Å². The molecular formula is C17H18BrNO2. The Morgan fingerprint density at radius 1 is 1.10 bits per heavy atom. The number of likely N-dealkylation sites (N-methyl/N-ethyl adjacent to an activating group) is 1. The molecule has 0 saturated heterocycles. The van der Waals surface area contributed by atoms with Crippen LogP contribution in [-0.4, -0.2) is 26.0 Å². The number of carbonyl (C=O) groups excluding carboxylic acids is 1. The molecule has 0 aliphatic carbocycles.